The topological polar surface area (TPSA) is 99.0 Å². The lowest BCUT2D eigenvalue weighted by Gasteiger charge is -2.23. The van der Waals surface area contributed by atoms with Crippen molar-refractivity contribution in [1.82, 2.24) is 0 Å². The second-order valence-corrected chi connectivity index (χ2v) is 6.77. The summed E-state index contributed by atoms with van der Waals surface area (Å²) in [5.74, 6) is -0.902. The summed E-state index contributed by atoms with van der Waals surface area (Å²) in [5, 5.41) is 11.3. The number of anilines is 1. The van der Waals surface area contributed by atoms with Crippen molar-refractivity contribution < 1.29 is 24.0 Å². The van der Waals surface area contributed by atoms with Crippen LogP contribution in [0, 0.1) is 10.1 Å². The molecule has 8 nitrogen and oxygen atoms in total. The monoisotopic (exact) mass is 350 g/mol. The van der Waals surface area contributed by atoms with Gasteiger partial charge in [-0.3, -0.25) is 19.7 Å². The summed E-state index contributed by atoms with van der Waals surface area (Å²) >= 11 is 0. The normalized spacial score (nSPS) is 16.3. The zero-order chi connectivity index (χ0) is 18.8. The summed E-state index contributed by atoms with van der Waals surface area (Å²) in [6, 6.07) is 4.58. The van der Waals surface area contributed by atoms with Gasteiger partial charge >= 0.3 is 11.9 Å². The molecule has 1 aliphatic rings. The van der Waals surface area contributed by atoms with Gasteiger partial charge in [0.2, 0.25) is 0 Å². The van der Waals surface area contributed by atoms with Crippen molar-refractivity contribution in [1.29, 1.82) is 0 Å². The fourth-order valence-electron chi connectivity index (χ4n) is 2.71. The predicted octanol–water partition coefficient (Wildman–Crippen LogP) is 2.75. The molecule has 0 N–H and O–H groups in total. The Morgan fingerprint density at radius 3 is 2.56 bits per heavy atom. The molecule has 0 fully saturated rings. The van der Waals surface area contributed by atoms with E-state index >= 15 is 0 Å². The van der Waals surface area contributed by atoms with Gasteiger partial charge in [0.05, 0.1) is 22.7 Å². The molecule has 1 aliphatic heterocycles. The molecule has 1 atom stereocenters. The molecule has 0 bridgehead atoms. The Labute approximate surface area is 145 Å². The van der Waals surface area contributed by atoms with Gasteiger partial charge in [0, 0.05) is 12.5 Å². The van der Waals surface area contributed by atoms with Crippen LogP contribution in [0.25, 0.3) is 0 Å². The lowest BCUT2D eigenvalue weighted by Crippen LogP contribution is -2.34. The second kappa shape index (κ2) is 7.08. The number of ether oxygens (including phenoxy) is 2. The van der Waals surface area contributed by atoms with Gasteiger partial charge < -0.3 is 14.4 Å². The Bertz CT molecular complexity index is 695. The smallest absolute Gasteiger partial charge is 0.326 e. The quantitative estimate of drug-likeness (QED) is 0.457. The molecule has 0 amide bonds. The molecule has 0 radical (unpaired) electrons. The highest BCUT2D eigenvalue weighted by Crippen LogP contribution is 2.42. The van der Waals surface area contributed by atoms with Gasteiger partial charge in [0.25, 0.3) is 5.69 Å². The van der Waals surface area contributed by atoms with E-state index in [-0.39, 0.29) is 25.2 Å². The second-order valence-electron chi connectivity index (χ2n) is 6.77. The predicted molar refractivity (Wildman–Crippen MR) is 90.3 cm³/mol. The molecule has 8 heteroatoms. The van der Waals surface area contributed by atoms with E-state index in [1.807, 2.05) is 0 Å². The molecule has 1 unspecified atom stereocenters. The SMILES string of the molecule is CCC(=O)OC1CN(CC(=O)OC(C)(C)C)c2cccc([N+](=O)[O-])c21. The van der Waals surface area contributed by atoms with Gasteiger partial charge in [0.15, 0.2) is 6.10 Å². The van der Waals surface area contributed by atoms with E-state index in [0.29, 0.717) is 11.3 Å². The lowest BCUT2D eigenvalue weighted by atomic mass is 10.1. The van der Waals surface area contributed by atoms with E-state index in [2.05, 4.69) is 0 Å². The summed E-state index contributed by atoms with van der Waals surface area (Å²) in [7, 11) is 0. The van der Waals surface area contributed by atoms with Crippen LogP contribution in [0.4, 0.5) is 11.4 Å². The van der Waals surface area contributed by atoms with Crippen molar-refractivity contribution in [3.05, 3.63) is 33.9 Å². The number of hydrogen-bond donors (Lipinski definition) is 0. The number of fused-ring (bicyclic) bond motifs is 1. The Morgan fingerprint density at radius 2 is 2.00 bits per heavy atom. The Kier molecular flexibility index (Phi) is 5.30. The fourth-order valence-corrected chi connectivity index (χ4v) is 2.71. The maximum absolute atomic E-state index is 12.1. The van der Waals surface area contributed by atoms with Crippen LogP contribution < -0.4 is 4.90 Å². The standard InChI is InChI=1S/C17H22N2O6/c1-5-14(20)24-13-9-18(10-15(21)25-17(2,3)4)11-7-6-8-12(16(11)13)19(22)23/h6-8,13H,5,9-10H2,1-4H3. The zero-order valence-corrected chi connectivity index (χ0v) is 14.8. The van der Waals surface area contributed by atoms with E-state index in [0.717, 1.165) is 0 Å². The van der Waals surface area contributed by atoms with E-state index in [4.69, 9.17) is 9.47 Å². The van der Waals surface area contributed by atoms with Crippen LogP contribution in [0.2, 0.25) is 0 Å². The molecule has 0 saturated heterocycles. The number of rotatable bonds is 5. The molecule has 0 spiro atoms. The highest BCUT2D eigenvalue weighted by Gasteiger charge is 2.38. The molecule has 1 aromatic carbocycles. The van der Waals surface area contributed by atoms with Gasteiger partial charge in [-0.05, 0) is 26.8 Å². The number of nitro benzene ring substituents is 1. The highest BCUT2D eigenvalue weighted by molar-refractivity contribution is 5.80. The number of carbonyl (C=O) groups is 2. The number of nitro groups is 1. The number of nitrogens with zero attached hydrogens (tertiary/aromatic N) is 2. The third-order valence-electron chi connectivity index (χ3n) is 3.61. The molecular formula is C17H22N2O6. The first-order valence-electron chi connectivity index (χ1n) is 8.06. The molecule has 1 heterocycles. The van der Waals surface area contributed by atoms with E-state index < -0.39 is 28.6 Å². The number of benzene rings is 1. The number of esters is 2. The van der Waals surface area contributed by atoms with Crippen LogP contribution in [0.5, 0.6) is 0 Å². The summed E-state index contributed by atoms with van der Waals surface area (Å²) < 4.78 is 10.7. The van der Waals surface area contributed by atoms with Crippen molar-refractivity contribution in [3.8, 4) is 0 Å². The number of carbonyl (C=O) groups excluding carboxylic acids is 2. The van der Waals surface area contributed by atoms with Crippen LogP contribution in [0.1, 0.15) is 45.8 Å². The molecule has 0 aromatic heterocycles. The summed E-state index contributed by atoms with van der Waals surface area (Å²) in [6.45, 7) is 7.03. The van der Waals surface area contributed by atoms with Crippen LogP contribution >= 0.6 is 0 Å². The van der Waals surface area contributed by atoms with Crippen LogP contribution in [-0.2, 0) is 19.1 Å². The van der Waals surface area contributed by atoms with Gasteiger partial charge in [-0.25, -0.2) is 0 Å². The maximum Gasteiger partial charge on any atom is 0.326 e. The van der Waals surface area contributed by atoms with E-state index in [1.54, 1.807) is 44.7 Å². The van der Waals surface area contributed by atoms with Crippen molar-refractivity contribution in [3.63, 3.8) is 0 Å². The zero-order valence-electron chi connectivity index (χ0n) is 14.8. The first kappa shape index (κ1) is 18.7. The first-order chi connectivity index (χ1) is 11.6. The fraction of sp³-hybridized carbons (Fsp3) is 0.529. The largest absolute Gasteiger partial charge is 0.459 e. The van der Waals surface area contributed by atoms with Crippen LogP contribution in [0.15, 0.2) is 18.2 Å². The average Bonchev–Trinajstić information content (AvgIpc) is 2.82. The average molecular weight is 350 g/mol. The molecular weight excluding hydrogens is 328 g/mol. The van der Waals surface area contributed by atoms with Crippen molar-refractivity contribution in [2.75, 3.05) is 18.0 Å². The Morgan fingerprint density at radius 1 is 1.32 bits per heavy atom. The molecule has 0 aliphatic carbocycles. The Balaban J connectivity index is 2.31. The minimum absolute atomic E-state index is 0.0778. The van der Waals surface area contributed by atoms with Crippen molar-refractivity contribution >= 4 is 23.3 Å². The van der Waals surface area contributed by atoms with Crippen LogP contribution in [0.3, 0.4) is 0 Å². The Hall–Kier alpha value is -2.64. The van der Waals surface area contributed by atoms with Gasteiger partial charge in [-0.1, -0.05) is 13.0 Å². The van der Waals surface area contributed by atoms with Gasteiger partial charge in [-0.15, -0.1) is 0 Å². The third kappa shape index (κ3) is 4.46. The molecule has 136 valence electrons. The number of hydrogen-bond acceptors (Lipinski definition) is 7. The van der Waals surface area contributed by atoms with Gasteiger partial charge in [0.1, 0.15) is 12.1 Å². The van der Waals surface area contributed by atoms with E-state index in [1.165, 1.54) is 6.07 Å². The molecule has 2 rings (SSSR count). The highest BCUT2D eigenvalue weighted by atomic mass is 16.6. The first-order valence-corrected chi connectivity index (χ1v) is 8.06. The van der Waals surface area contributed by atoms with Crippen LogP contribution in [-0.4, -0.2) is 35.6 Å². The van der Waals surface area contributed by atoms with Crippen molar-refractivity contribution in [2.24, 2.45) is 0 Å². The minimum Gasteiger partial charge on any atom is -0.459 e. The lowest BCUT2D eigenvalue weighted by molar-refractivity contribution is -0.386. The minimum atomic E-state index is -0.786. The molecule has 0 saturated carbocycles. The van der Waals surface area contributed by atoms with Gasteiger partial charge in [-0.2, -0.15) is 0 Å². The molecule has 25 heavy (non-hydrogen) atoms. The van der Waals surface area contributed by atoms with E-state index in [9.17, 15) is 19.7 Å². The van der Waals surface area contributed by atoms with Crippen molar-refractivity contribution in [2.45, 2.75) is 45.8 Å². The maximum atomic E-state index is 12.1. The molecule has 1 aromatic rings. The summed E-state index contributed by atoms with van der Waals surface area (Å²) in [6.07, 6.45) is -0.620. The summed E-state index contributed by atoms with van der Waals surface area (Å²) in [4.78, 5) is 36.3. The summed E-state index contributed by atoms with van der Waals surface area (Å²) in [5.41, 5.74) is 0.0704. The third-order valence-corrected chi connectivity index (χ3v) is 3.61.